The molecule has 1 amide bonds. The molecule has 1 saturated carbocycles. The number of nitrogens with zero attached hydrogens (tertiary/aromatic N) is 2. The summed E-state index contributed by atoms with van der Waals surface area (Å²) in [5.74, 6) is -2.15. The van der Waals surface area contributed by atoms with Crippen molar-refractivity contribution >= 4 is 16.7 Å². The van der Waals surface area contributed by atoms with E-state index in [4.69, 9.17) is 4.74 Å². The highest BCUT2D eigenvalue weighted by molar-refractivity contribution is 5.95. The average Bonchev–Trinajstić information content (AvgIpc) is 3.58. The molecule has 2 heterocycles. The maximum atomic E-state index is 13.4. The van der Waals surface area contributed by atoms with E-state index in [2.05, 4.69) is 5.32 Å². The molecule has 1 aliphatic heterocycles. The third-order valence-electron chi connectivity index (χ3n) is 6.66. The van der Waals surface area contributed by atoms with Crippen LogP contribution in [-0.2, 0) is 0 Å². The molecular formula is C27H29F2N3O3. The minimum absolute atomic E-state index is 0.0849. The van der Waals surface area contributed by atoms with Crippen molar-refractivity contribution in [1.82, 2.24) is 14.8 Å². The number of benzene rings is 2. The van der Waals surface area contributed by atoms with Crippen molar-refractivity contribution < 1.29 is 18.3 Å². The molecule has 2 fully saturated rings. The first-order valence-electron chi connectivity index (χ1n) is 12.1. The van der Waals surface area contributed by atoms with Gasteiger partial charge in [-0.25, -0.2) is 8.78 Å². The summed E-state index contributed by atoms with van der Waals surface area (Å²) in [7, 11) is 0. The number of hydrogen-bond acceptors (Lipinski definition) is 4. The van der Waals surface area contributed by atoms with Gasteiger partial charge in [0.15, 0.2) is 0 Å². The molecule has 1 aliphatic carbocycles. The number of carbonyl (C=O) groups is 1. The summed E-state index contributed by atoms with van der Waals surface area (Å²) in [6.07, 6.45) is 4.28. The number of rotatable bonds is 8. The van der Waals surface area contributed by atoms with Crippen LogP contribution in [0.3, 0.4) is 0 Å². The van der Waals surface area contributed by atoms with E-state index in [1.54, 1.807) is 33.9 Å². The van der Waals surface area contributed by atoms with Gasteiger partial charge in [-0.15, -0.1) is 0 Å². The van der Waals surface area contributed by atoms with Gasteiger partial charge >= 0.3 is 0 Å². The highest BCUT2D eigenvalue weighted by Crippen LogP contribution is 2.27. The molecular weight excluding hydrogens is 452 g/mol. The van der Waals surface area contributed by atoms with Crippen LogP contribution >= 0.6 is 0 Å². The summed E-state index contributed by atoms with van der Waals surface area (Å²) in [6, 6.07) is 12.9. The van der Waals surface area contributed by atoms with Crippen LogP contribution in [0.5, 0.6) is 5.75 Å². The van der Waals surface area contributed by atoms with Crippen molar-refractivity contribution in [2.75, 3.05) is 26.2 Å². The smallest absolute Gasteiger partial charge is 0.263 e. The van der Waals surface area contributed by atoms with Gasteiger partial charge in [0, 0.05) is 37.3 Å². The first kappa shape index (κ1) is 23.5. The van der Waals surface area contributed by atoms with E-state index < -0.39 is 5.92 Å². The summed E-state index contributed by atoms with van der Waals surface area (Å²) < 4.78 is 34.0. The predicted octanol–water partition coefficient (Wildman–Crippen LogP) is 4.30. The summed E-state index contributed by atoms with van der Waals surface area (Å²) >= 11 is 0. The molecule has 6 nitrogen and oxygen atoms in total. The van der Waals surface area contributed by atoms with E-state index >= 15 is 0 Å². The number of pyridine rings is 1. The van der Waals surface area contributed by atoms with E-state index in [9.17, 15) is 18.4 Å². The number of nitrogens with one attached hydrogen (secondary N) is 1. The fraction of sp³-hybridized carbons (Fsp3) is 0.407. The van der Waals surface area contributed by atoms with Crippen LogP contribution < -0.4 is 15.6 Å². The summed E-state index contributed by atoms with van der Waals surface area (Å²) in [6.45, 7) is 3.06. The van der Waals surface area contributed by atoms with E-state index in [-0.39, 0.29) is 30.5 Å². The first-order valence-corrected chi connectivity index (χ1v) is 12.1. The van der Waals surface area contributed by atoms with Crippen molar-refractivity contribution in [3.8, 4) is 11.4 Å². The zero-order valence-corrected chi connectivity index (χ0v) is 19.7. The number of aryl methyl sites for hydroxylation is 1. The molecule has 8 heteroatoms. The number of carbonyl (C=O) groups excluding carboxylic acids is 1. The maximum absolute atomic E-state index is 13.4. The summed E-state index contributed by atoms with van der Waals surface area (Å²) in [5, 5.41) is 4.28. The summed E-state index contributed by atoms with van der Waals surface area (Å²) in [5.41, 5.74) is 1.87. The number of amides is 1. The van der Waals surface area contributed by atoms with Gasteiger partial charge in [0.2, 0.25) is 0 Å². The van der Waals surface area contributed by atoms with Gasteiger partial charge in [0.1, 0.15) is 5.75 Å². The second-order valence-corrected chi connectivity index (χ2v) is 9.57. The fourth-order valence-electron chi connectivity index (χ4n) is 4.48. The maximum Gasteiger partial charge on any atom is 0.263 e. The van der Waals surface area contributed by atoms with E-state index in [0.29, 0.717) is 48.5 Å². The Hall–Kier alpha value is -3.26. The molecule has 5 rings (SSSR count). The number of halogens is 2. The molecule has 35 heavy (non-hydrogen) atoms. The van der Waals surface area contributed by atoms with Gasteiger partial charge in [-0.1, -0.05) is 12.1 Å². The Labute approximate surface area is 202 Å². The van der Waals surface area contributed by atoms with Crippen molar-refractivity contribution in [3.63, 3.8) is 0 Å². The molecule has 1 N–H and O–H groups in total. The average molecular weight is 482 g/mol. The number of fused-ring (bicyclic) bond motifs is 1. The molecule has 0 atom stereocenters. The van der Waals surface area contributed by atoms with Crippen LogP contribution in [0.25, 0.3) is 16.5 Å². The predicted molar refractivity (Wildman–Crippen MR) is 131 cm³/mol. The molecule has 0 spiro atoms. The first-order chi connectivity index (χ1) is 16.8. The van der Waals surface area contributed by atoms with E-state index in [1.807, 2.05) is 31.2 Å². The van der Waals surface area contributed by atoms with Crippen LogP contribution in [0.1, 0.15) is 41.6 Å². The van der Waals surface area contributed by atoms with Crippen LogP contribution in [0.2, 0.25) is 0 Å². The zero-order valence-electron chi connectivity index (χ0n) is 19.7. The number of aromatic nitrogens is 1. The molecule has 0 radical (unpaired) electrons. The number of alkyl halides is 2. The fourth-order valence-corrected chi connectivity index (χ4v) is 4.48. The Morgan fingerprint density at radius 3 is 2.74 bits per heavy atom. The number of hydrogen-bond donors (Lipinski definition) is 1. The molecule has 0 bridgehead atoms. The zero-order chi connectivity index (χ0) is 24.6. The molecule has 1 saturated heterocycles. The van der Waals surface area contributed by atoms with E-state index in [0.717, 1.165) is 23.8 Å². The Bertz CT molecular complexity index is 1320. The third-order valence-corrected chi connectivity index (χ3v) is 6.66. The molecule has 0 unspecified atom stereocenters. The lowest BCUT2D eigenvalue weighted by molar-refractivity contribution is 0.0118. The minimum atomic E-state index is -2.59. The second-order valence-electron chi connectivity index (χ2n) is 9.57. The molecule has 3 aromatic rings. The highest BCUT2D eigenvalue weighted by atomic mass is 19.3. The minimum Gasteiger partial charge on any atom is -0.494 e. The summed E-state index contributed by atoms with van der Waals surface area (Å²) in [4.78, 5) is 27.7. The van der Waals surface area contributed by atoms with Crippen LogP contribution in [0.4, 0.5) is 8.78 Å². The normalized spacial score (nSPS) is 17.6. The second kappa shape index (κ2) is 9.41. The van der Waals surface area contributed by atoms with Crippen molar-refractivity contribution in [3.05, 3.63) is 70.1 Å². The van der Waals surface area contributed by atoms with Gasteiger partial charge in [-0.05, 0) is 67.5 Å². The number of ether oxygens (including phenoxy) is 1. The highest BCUT2D eigenvalue weighted by Gasteiger charge is 2.37. The lowest BCUT2D eigenvalue weighted by Gasteiger charge is -2.15. The van der Waals surface area contributed by atoms with Crippen molar-refractivity contribution in [2.45, 2.75) is 44.6 Å². The quantitative estimate of drug-likeness (QED) is 0.488. The van der Waals surface area contributed by atoms with Gasteiger partial charge in [-0.2, -0.15) is 0 Å². The Morgan fingerprint density at radius 2 is 2.00 bits per heavy atom. The van der Waals surface area contributed by atoms with Crippen LogP contribution in [-0.4, -0.2) is 53.6 Å². The molecule has 2 aliphatic rings. The monoisotopic (exact) mass is 481 g/mol. The largest absolute Gasteiger partial charge is 0.494 e. The molecule has 1 aromatic heterocycles. The Morgan fingerprint density at radius 1 is 1.17 bits per heavy atom. The SMILES string of the molecule is Cc1ccc(C(=O)NC2CC2)cc1-n1ccc2ccc(OCCCN3CCC(F)(F)C3)cc2c1=O. The van der Waals surface area contributed by atoms with Crippen LogP contribution in [0, 0.1) is 6.92 Å². The molecule has 184 valence electrons. The van der Waals surface area contributed by atoms with Gasteiger partial charge in [-0.3, -0.25) is 19.1 Å². The third kappa shape index (κ3) is 5.37. The standard InChI is InChI=1S/C27H29F2N3O3/c1-18-3-4-20(25(33)30-21-6-7-21)15-24(18)32-12-9-19-5-8-22(16-23(19)26(32)34)35-14-2-11-31-13-10-27(28,29)17-31/h3-5,8-9,12,15-16,21H,2,6-7,10-11,13-14,17H2,1H3,(H,30,33). The lowest BCUT2D eigenvalue weighted by Crippen LogP contribution is -2.27. The Kier molecular flexibility index (Phi) is 6.32. The topological polar surface area (TPSA) is 63.6 Å². The van der Waals surface area contributed by atoms with Crippen LogP contribution in [0.15, 0.2) is 53.5 Å². The Balaban J connectivity index is 1.32. The van der Waals surface area contributed by atoms with E-state index in [1.165, 1.54) is 0 Å². The van der Waals surface area contributed by atoms with Crippen molar-refractivity contribution in [1.29, 1.82) is 0 Å². The van der Waals surface area contributed by atoms with Crippen molar-refractivity contribution in [2.24, 2.45) is 0 Å². The molecule has 2 aromatic carbocycles. The van der Waals surface area contributed by atoms with Gasteiger partial charge in [0.25, 0.3) is 17.4 Å². The number of likely N-dealkylation sites (tertiary alicyclic amines) is 1. The van der Waals surface area contributed by atoms with Gasteiger partial charge < -0.3 is 10.1 Å². The lowest BCUT2D eigenvalue weighted by atomic mass is 10.1. The van der Waals surface area contributed by atoms with Gasteiger partial charge in [0.05, 0.1) is 24.2 Å².